The Labute approximate surface area is 229 Å². The van der Waals surface area contributed by atoms with Gasteiger partial charge < -0.3 is 4.74 Å². The van der Waals surface area contributed by atoms with Gasteiger partial charge in [-0.25, -0.2) is 9.97 Å². The minimum absolute atomic E-state index is 0.758. The number of aryl methyl sites for hydroxylation is 1. The first-order valence-electron chi connectivity index (χ1n) is 15.9. The van der Waals surface area contributed by atoms with Crippen molar-refractivity contribution in [2.24, 2.45) is 0 Å². The van der Waals surface area contributed by atoms with E-state index in [1.807, 2.05) is 12.4 Å². The maximum absolute atomic E-state index is 5.88. The van der Waals surface area contributed by atoms with Gasteiger partial charge in [-0.15, -0.1) is 0 Å². The van der Waals surface area contributed by atoms with E-state index < -0.39 is 0 Å². The fourth-order valence-electron chi connectivity index (χ4n) is 4.96. The SMILES string of the molecule is CCCCCCCCCCCCCCCOc1cnc(-c2ccc(CCCCCCCCC)cc2)nc1. The Balaban J connectivity index is 1.49. The molecule has 0 radical (unpaired) electrons. The summed E-state index contributed by atoms with van der Waals surface area (Å²) in [5.74, 6) is 1.55. The third kappa shape index (κ3) is 15.8. The summed E-state index contributed by atoms with van der Waals surface area (Å²) in [6, 6.07) is 8.77. The van der Waals surface area contributed by atoms with E-state index in [9.17, 15) is 0 Å². The monoisotopic (exact) mass is 508 g/mol. The van der Waals surface area contributed by atoms with E-state index in [0.717, 1.165) is 30.2 Å². The van der Waals surface area contributed by atoms with Crippen LogP contribution in [0.2, 0.25) is 0 Å². The minimum atomic E-state index is 0.758. The summed E-state index contributed by atoms with van der Waals surface area (Å²) in [6.45, 7) is 5.32. The number of unbranched alkanes of at least 4 members (excludes halogenated alkanes) is 18. The first kappa shape index (κ1) is 31.3. The van der Waals surface area contributed by atoms with Crippen molar-refractivity contribution in [3.05, 3.63) is 42.2 Å². The quantitative estimate of drug-likeness (QED) is 0.132. The van der Waals surface area contributed by atoms with E-state index in [1.54, 1.807) is 0 Å². The molecular weight excluding hydrogens is 452 g/mol. The molecule has 0 atom stereocenters. The molecule has 2 rings (SSSR count). The van der Waals surface area contributed by atoms with E-state index in [2.05, 4.69) is 48.1 Å². The highest BCUT2D eigenvalue weighted by Crippen LogP contribution is 2.19. The lowest BCUT2D eigenvalue weighted by Crippen LogP contribution is -1.99. The minimum Gasteiger partial charge on any atom is -0.490 e. The maximum Gasteiger partial charge on any atom is 0.159 e. The number of benzene rings is 1. The van der Waals surface area contributed by atoms with Gasteiger partial charge in [-0.1, -0.05) is 154 Å². The Morgan fingerprint density at radius 3 is 1.43 bits per heavy atom. The zero-order chi connectivity index (χ0) is 26.2. The number of aromatic nitrogens is 2. The lowest BCUT2D eigenvalue weighted by Gasteiger charge is -2.07. The standard InChI is InChI=1S/C34H56N2O/c1-3-5-7-9-11-12-13-14-15-16-18-20-22-28-37-33-29-35-34(36-30-33)32-26-24-31(25-27-32)23-21-19-17-10-8-6-4-2/h24-27,29-30H,3-23,28H2,1-2H3. The zero-order valence-electron chi connectivity index (χ0n) is 24.3. The summed E-state index contributed by atoms with van der Waals surface area (Å²) in [5, 5.41) is 0. The van der Waals surface area contributed by atoms with E-state index in [4.69, 9.17) is 4.74 Å². The summed E-state index contributed by atoms with van der Waals surface area (Å²) < 4.78 is 5.88. The highest BCUT2D eigenvalue weighted by molar-refractivity contribution is 5.55. The molecule has 3 heteroatoms. The lowest BCUT2D eigenvalue weighted by atomic mass is 10.0. The molecule has 1 heterocycles. The van der Waals surface area contributed by atoms with Gasteiger partial charge in [-0.3, -0.25) is 0 Å². The van der Waals surface area contributed by atoms with Gasteiger partial charge in [-0.2, -0.15) is 0 Å². The van der Waals surface area contributed by atoms with Crippen LogP contribution in [0.25, 0.3) is 11.4 Å². The van der Waals surface area contributed by atoms with Crippen molar-refractivity contribution in [2.45, 2.75) is 149 Å². The molecule has 1 aromatic heterocycles. The number of rotatable bonds is 24. The van der Waals surface area contributed by atoms with E-state index >= 15 is 0 Å². The molecule has 1 aromatic carbocycles. The smallest absolute Gasteiger partial charge is 0.159 e. The van der Waals surface area contributed by atoms with Crippen molar-refractivity contribution in [3.63, 3.8) is 0 Å². The van der Waals surface area contributed by atoms with E-state index in [1.165, 1.54) is 134 Å². The van der Waals surface area contributed by atoms with Crippen LogP contribution in [0.4, 0.5) is 0 Å². The maximum atomic E-state index is 5.88. The van der Waals surface area contributed by atoms with Crippen LogP contribution in [0.1, 0.15) is 148 Å². The molecule has 0 bridgehead atoms. The summed E-state index contributed by atoms with van der Waals surface area (Å²) in [5.41, 5.74) is 2.49. The Morgan fingerprint density at radius 1 is 0.514 bits per heavy atom. The molecule has 0 amide bonds. The molecule has 0 fully saturated rings. The third-order valence-corrected chi connectivity index (χ3v) is 7.43. The molecule has 0 spiro atoms. The summed E-state index contributed by atoms with van der Waals surface area (Å²) in [4.78, 5) is 9.08. The van der Waals surface area contributed by atoms with Crippen LogP contribution in [0.3, 0.4) is 0 Å². The topological polar surface area (TPSA) is 35.0 Å². The van der Waals surface area contributed by atoms with Crippen LogP contribution >= 0.6 is 0 Å². The van der Waals surface area contributed by atoms with Crippen molar-refractivity contribution in [1.29, 1.82) is 0 Å². The first-order chi connectivity index (χ1) is 18.3. The average Bonchev–Trinajstić information content (AvgIpc) is 2.93. The van der Waals surface area contributed by atoms with Crippen LogP contribution in [-0.4, -0.2) is 16.6 Å². The van der Waals surface area contributed by atoms with Gasteiger partial charge in [0.2, 0.25) is 0 Å². The fraction of sp³-hybridized carbons (Fsp3) is 0.706. The number of ether oxygens (including phenoxy) is 1. The van der Waals surface area contributed by atoms with Gasteiger partial charge >= 0.3 is 0 Å². The van der Waals surface area contributed by atoms with Gasteiger partial charge in [0, 0.05) is 5.56 Å². The average molecular weight is 509 g/mol. The summed E-state index contributed by atoms with van der Waals surface area (Å²) in [7, 11) is 0. The number of hydrogen-bond acceptors (Lipinski definition) is 3. The Bertz CT molecular complexity index is 756. The molecule has 0 saturated carbocycles. The van der Waals surface area contributed by atoms with Gasteiger partial charge in [0.15, 0.2) is 11.6 Å². The molecule has 37 heavy (non-hydrogen) atoms. The third-order valence-electron chi connectivity index (χ3n) is 7.43. The van der Waals surface area contributed by atoms with Crippen LogP contribution in [-0.2, 0) is 6.42 Å². The predicted molar refractivity (Wildman–Crippen MR) is 160 cm³/mol. The molecule has 0 aliphatic rings. The van der Waals surface area contributed by atoms with Crippen LogP contribution in [0.5, 0.6) is 5.75 Å². The molecule has 208 valence electrons. The van der Waals surface area contributed by atoms with Crippen LogP contribution < -0.4 is 4.74 Å². The first-order valence-corrected chi connectivity index (χ1v) is 15.9. The fourth-order valence-corrected chi connectivity index (χ4v) is 4.96. The molecule has 0 aliphatic carbocycles. The molecule has 3 nitrogen and oxygen atoms in total. The molecule has 0 N–H and O–H groups in total. The van der Waals surface area contributed by atoms with Crippen molar-refractivity contribution in [1.82, 2.24) is 9.97 Å². The van der Waals surface area contributed by atoms with Crippen molar-refractivity contribution >= 4 is 0 Å². The predicted octanol–water partition coefficient (Wildman–Crippen LogP) is 10.9. The van der Waals surface area contributed by atoms with Gasteiger partial charge in [0.05, 0.1) is 19.0 Å². The van der Waals surface area contributed by atoms with Gasteiger partial charge in [0.1, 0.15) is 0 Å². The lowest BCUT2D eigenvalue weighted by molar-refractivity contribution is 0.302. The molecule has 0 aliphatic heterocycles. The normalized spacial score (nSPS) is 11.2. The largest absolute Gasteiger partial charge is 0.490 e. The van der Waals surface area contributed by atoms with Gasteiger partial charge in [0.25, 0.3) is 0 Å². The van der Waals surface area contributed by atoms with Gasteiger partial charge in [-0.05, 0) is 24.8 Å². The van der Waals surface area contributed by atoms with Crippen LogP contribution in [0, 0.1) is 0 Å². The molecule has 2 aromatic rings. The number of hydrogen-bond donors (Lipinski definition) is 0. The number of nitrogens with zero attached hydrogens (tertiary/aromatic N) is 2. The zero-order valence-corrected chi connectivity index (χ0v) is 24.3. The van der Waals surface area contributed by atoms with E-state index in [0.29, 0.717) is 0 Å². The Kier molecular flexibility index (Phi) is 18.7. The summed E-state index contributed by atoms with van der Waals surface area (Å²) >= 11 is 0. The summed E-state index contributed by atoms with van der Waals surface area (Å²) in [6.07, 6.45) is 32.1. The second-order valence-electron chi connectivity index (χ2n) is 10.9. The highest BCUT2D eigenvalue weighted by Gasteiger charge is 2.03. The van der Waals surface area contributed by atoms with E-state index in [-0.39, 0.29) is 0 Å². The molecule has 0 unspecified atom stereocenters. The van der Waals surface area contributed by atoms with Crippen molar-refractivity contribution < 1.29 is 4.74 Å². The van der Waals surface area contributed by atoms with Crippen molar-refractivity contribution in [2.75, 3.05) is 6.61 Å². The Hall–Kier alpha value is -1.90. The van der Waals surface area contributed by atoms with Crippen LogP contribution in [0.15, 0.2) is 36.7 Å². The molecular formula is C34H56N2O. The Morgan fingerprint density at radius 2 is 0.946 bits per heavy atom. The second kappa shape index (κ2) is 22.1. The molecule has 0 saturated heterocycles. The van der Waals surface area contributed by atoms with Crippen molar-refractivity contribution in [3.8, 4) is 17.1 Å². The second-order valence-corrected chi connectivity index (χ2v) is 10.9. The highest BCUT2D eigenvalue weighted by atomic mass is 16.5.